The lowest BCUT2D eigenvalue weighted by atomic mass is 10.2. The van der Waals surface area contributed by atoms with Crippen molar-refractivity contribution in [2.75, 3.05) is 11.9 Å². The summed E-state index contributed by atoms with van der Waals surface area (Å²) in [5, 5.41) is 5.44. The molecule has 82 valence electrons. The van der Waals surface area contributed by atoms with E-state index in [1.165, 1.54) is 0 Å². The Morgan fingerprint density at radius 1 is 1.53 bits per heavy atom. The molecule has 0 radical (unpaired) electrons. The van der Waals surface area contributed by atoms with E-state index in [4.69, 9.17) is 0 Å². The van der Waals surface area contributed by atoms with Crippen LogP contribution in [-0.4, -0.2) is 17.6 Å². The van der Waals surface area contributed by atoms with Gasteiger partial charge in [0.2, 0.25) is 0 Å². The van der Waals surface area contributed by atoms with Gasteiger partial charge in [-0.1, -0.05) is 13.8 Å². The van der Waals surface area contributed by atoms with Gasteiger partial charge in [-0.05, 0) is 30.5 Å². The summed E-state index contributed by atoms with van der Waals surface area (Å²) < 4.78 is 0. The zero-order valence-corrected chi connectivity index (χ0v) is 9.37. The normalized spacial score (nSPS) is 10.1. The second-order valence-corrected chi connectivity index (χ2v) is 3.95. The highest BCUT2D eigenvalue weighted by atomic mass is 16.2. The molecule has 0 aliphatic rings. The third kappa shape index (κ3) is 4.44. The van der Waals surface area contributed by atoms with Crippen LogP contribution in [0.2, 0.25) is 0 Å². The zero-order chi connectivity index (χ0) is 11.3. The van der Waals surface area contributed by atoms with Crippen LogP contribution in [0.1, 0.15) is 19.4 Å². The van der Waals surface area contributed by atoms with Gasteiger partial charge in [0.1, 0.15) is 5.82 Å². The molecule has 4 nitrogen and oxygen atoms in total. The van der Waals surface area contributed by atoms with Crippen molar-refractivity contribution in [1.82, 2.24) is 10.3 Å². The lowest BCUT2D eigenvalue weighted by Crippen LogP contribution is -2.31. The molecular weight excluding hydrogens is 190 g/mol. The average molecular weight is 207 g/mol. The molecule has 0 saturated heterocycles. The Bertz CT molecular complexity index is 336. The van der Waals surface area contributed by atoms with Crippen molar-refractivity contribution in [1.29, 1.82) is 0 Å². The first kappa shape index (κ1) is 11.5. The van der Waals surface area contributed by atoms with Crippen molar-refractivity contribution in [3.8, 4) is 0 Å². The van der Waals surface area contributed by atoms with Crippen molar-refractivity contribution >= 4 is 11.8 Å². The summed E-state index contributed by atoms with van der Waals surface area (Å²) >= 11 is 0. The van der Waals surface area contributed by atoms with Crippen LogP contribution in [0.25, 0.3) is 0 Å². The third-order valence-electron chi connectivity index (χ3n) is 1.83. The standard InChI is InChI=1S/C11H17N3O/c1-8(2)7-13-11(15)14-10-6-9(3)4-5-12-10/h4-6,8H,7H2,1-3H3,(H2,12,13,14,15). The summed E-state index contributed by atoms with van der Waals surface area (Å²) in [7, 11) is 0. The summed E-state index contributed by atoms with van der Waals surface area (Å²) in [6.45, 7) is 6.72. The number of rotatable bonds is 3. The number of hydrogen-bond donors (Lipinski definition) is 2. The van der Waals surface area contributed by atoms with E-state index in [1.54, 1.807) is 6.20 Å². The van der Waals surface area contributed by atoms with Gasteiger partial charge >= 0.3 is 6.03 Å². The molecule has 0 aliphatic heterocycles. The van der Waals surface area contributed by atoms with E-state index in [0.29, 0.717) is 18.3 Å². The number of amides is 2. The minimum Gasteiger partial charge on any atom is -0.338 e. The van der Waals surface area contributed by atoms with E-state index in [1.807, 2.05) is 32.9 Å². The number of nitrogens with zero attached hydrogens (tertiary/aromatic N) is 1. The average Bonchev–Trinajstić information content (AvgIpc) is 2.15. The minimum atomic E-state index is -0.207. The molecular formula is C11H17N3O. The van der Waals surface area contributed by atoms with Gasteiger partial charge in [0.15, 0.2) is 0 Å². The first-order valence-corrected chi connectivity index (χ1v) is 5.05. The molecule has 0 saturated carbocycles. The molecule has 0 aliphatic carbocycles. The Morgan fingerprint density at radius 3 is 2.87 bits per heavy atom. The fourth-order valence-electron chi connectivity index (χ4n) is 1.06. The van der Waals surface area contributed by atoms with Crippen molar-refractivity contribution < 1.29 is 4.79 Å². The predicted octanol–water partition coefficient (Wildman–Crippen LogP) is 2.17. The van der Waals surface area contributed by atoms with E-state index < -0.39 is 0 Å². The monoisotopic (exact) mass is 207 g/mol. The summed E-state index contributed by atoms with van der Waals surface area (Å²) in [5.41, 5.74) is 1.07. The van der Waals surface area contributed by atoms with Gasteiger partial charge in [-0.3, -0.25) is 5.32 Å². The Labute approximate surface area is 90.1 Å². The fourth-order valence-corrected chi connectivity index (χ4v) is 1.06. The van der Waals surface area contributed by atoms with Crippen molar-refractivity contribution in [2.24, 2.45) is 5.92 Å². The Kier molecular flexibility index (Phi) is 4.09. The molecule has 4 heteroatoms. The van der Waals surface area contributed by atoms with Crippen molar-refractivity contribution in [2.45, 2.75) is 20.8 Å². The van der Waals surface area contributed by atoms with Gasteiger partial charge in [-0.2, -0.15) is 0 Å². The van der Waals surface area contributed by atoms with Crippen LogP contribution in [0.15, 0.2) is 18.3 Å². The van der Waals surface area contributed by atoms with Crippen molar-refractivity contribution in [3.63, 3.8) is 0 Å². The fraction of sp³-hybridized carbons (Fsp3) is 0.455. The van der Waals surface area contributed by atoms with E-state index in [2.05, 4.69) is 15.6 Å². The van der Waals surface area contributed by atoms with Crippen LogP contribution in [0.3, 0.4) is 0 Å². The maximum Gasteiger partial charge on any atom is 0.320 e. The highest BCUT2D eigenvalue weighted by Crippen LogP contribution is 2.04. The van der Waals surface area contributed by atoms with Crippen LogP contribution in [0.5, 0.6) is 0 Å². The number of carbonyl (C=O) groups excluding carboxylic acids is 1. The molecule has 1 rings (SSSR count). The van der Waals surface area contributed by atoms with E-state index in [-0.39, 0.29) is 6.03 Å². The number of hydrogen-bond acceptors (Lipinski definition) is 2. The third-order valence-corrected chi connectivity index (χ3v) is 1.83. The Hall–Kier alpha value is -1.58. The second kappa shape index (κ2) is 5.34. The van der Waals surface area contributed by atoms with Crippen LogP contribution < -0.4 is 10.6 Å². The number of anilines is 1. The molecule has 2 amide bonds. The molecule has 0 fully saturated rings. The smallest absolute Gasteiger partial charge is 0.320 e. The highest BCUT2D eigenvalue weighted by molar-refractivity contribution is 5.88. The van der Waals surface area contributed by atoms with Gasteiger partial charge < -0.3 is 5.32 Å². The molecule has 1 heterocycles. The number of nitrogens with one attached hydrogen (secondary N) is 2. The molecule has 0 unspecified atom stereocenters. The molecule has 15 heavy (non-hydrogen) atoms. The number of aryl methyl sites for hydroxylation is 1. The second-order valence-electron chi connectivity index (χ2n) is 3.95. The first-order valence-electron chi connectivity index (χ1n) is 5.05. The number of aromatic nitrogens is 1. The number of urea groups is 1. The summed E-state index contributed by atoms with van der Waals surface area (Å²) in [5.74, 6) is 1.03. The molecule has 0 atom stereocenters. The van der Waals surface area contributed by atoms with Crippen LogP contribution in [0, 0.1) is 12.8 Å². The van der Waals surface area contributed by atoms with E-state index >= 15 is 0 Å². The Balaban J connectivity index is 2.44. The topological polar surface area (TPSA) is 54.0 Å². The molecule has 0 bridgehead atoms. The highest BCUT2D eigenvalue weighted by Gasteiger charge is 2.02. The van der Waals surface area contributed by atoms with E-state index in [9.17, 15) is 4.79 Å². The van der Waals surface area contributed by atoms with E-state index in [0.717, 1.165) is 5.56 Å². The molecule has 2 N–H and O–H groups in total. The molecule has 1 aromatic rings. The van der Waals surface area contributed by atoms with Gasteiger partial charge in [-0.25, -0.2) is 9.78 Å². The van der Waals surface area contributed by atoms with Gasteiger partial charge in [0.05, 0.1) is 0 Å². The van der Waals surface area contributed by atoms with Crippen LogP contribution in [-0.2, 0) is 0 Å². The summed E-state index contributed by atoms with van der Waals surface area (Å²) in [4.78, 5) is 15.4. The quantitative estimate of drug-likeness (QED) is 0.798. The molecule has 0 spiro atoms. The SMILES string of the molecule is Cc1ccnc(NC(=O)NCC(C)C)c1. The van der Waals surface area contributed by atoms with Gasteiger partial charge in [0.25, 0.3) is 0 Å². The largest absolute Gasteiger partial charge is 0.338 e. The van der Waals surface area contributed by atoms with Gasteiger partial charge in [-0.15, -0.1) is 0 Å². The lowest BCUT2D eigenvalue weighted by Gasteiger charge is -2.08. The van der Waals surface area contributed by atoms with Crippen LogP contribution >= 0.6 is 0 Å². The molecule has 0 aromatic carbocycles. The maximum absolute atomic E-state index is 11.4. The van der Waals surface area contributed by atoms with Crippen LogP contribution in [0.4, 0.5) is 10.6 Å². The maximum atomic E-state index is 11.4. The number of pyridine rings is 1. The predicted molar refractivity (Wildman–Crippen MR) is 60.8 cm³/mol. The Morgan fingerprint density at radius 2 is 2.27 bits per heavy atom. The lowest BCUT2D eigenvalue weighted by molar-refractivity contribution is 0.251. The van der Waals surface area contributed by atoms with Gasteiger partial charge in [0, 0.05) is 12.7 Å². The first-order chi connectivity index (χ1) is 7.08. The zero-order valence-electron chi connectivity index (χ0n) is 9.37. The summed E-state index contributed by atoms with van der Waals surface area (Å²) in [6.07, 6.45) is 1.67. The number of carbonyl (C=O) groups is 1. The summed E-state index contributed by atoms with van der Waals surface area (Å²) in [6, 6.07) is 3.51. The van der Waals surface area contributed by atoms with Crippen molar-refractivity contribution in [3.05, 3.63) is 23.9 Å². The molecule has 1 aromatic heterocycles. The minimum absolute atomic E-state index is 0.207.